The van der Waals surface area contributed by atoms with Crippen molar-refractivity contribution >= 4 is 38.7 Å². The molecule has 33 heavy (non-hydrogen) atoms. The normalized spacial score (nSPS) is 12.9. The van der Waals surface area contributed by atoms with Crippen molar-refractivity contribution in [3.63, 3.8) is 0 Å². The predicted molar refractivity (Wildman–Crippen MR) is 129 cm³/mol. The Morgan fingerprint density at radius 2 is 1.82 bits per heavy atom. The molecule has 1 atom stereocenters. The molecule has 0 bridgehead atoms. The molecule has 0 unspecified atom stereocenters. The first-order valence-electron chi connectivity index (χ1n) is 10.9. The third-order valence-electron chi connectivity index (χ3n) is 5.42. The molecule has 0 aliphatic carbocycles. The minimum absolute atomic E-state index is 0.152. The number of imidazole rings is 1. The second kappa shape index (κ2) is 10.7. The Balaban J connectivity index is 1.76. The van der Waals surface area contributed by atoms with Crippen LogP contribution in [0.3, 0.4) is 0 Å². The minimum Gasteiger partial charge on any atom is -0.349 e. The van der Waals surface area contributed by atoms with Crippen LogP contribution in [0, 0.1) is 5.82 Å². The van der Waals surface area contributed by atoms with Gasteiger partial charge in [-0.2, -0.15) is 4.31 Å². The van der Waals surface area contributed by atoms with Crippen molar-refractivity contribution in [3.8, 4) is 0 Å². The summed E-state index contributed by atoms with van der Waals surface area (Å²) in [5.41, 5.74) is 2.21. The first-order chi connectivity index (χ1) is 15.7. The lowest BCUT2D eigenvalue weighted by Gasteiger charge is -2.18. The van der Waals surface area contributed by atoms with Gasteiger partial charge in [-0.3, -0.25) is 4.79 Å². The van der Waals surface area contributed by atoms with Crippen molar-refractivity contribution in [2.75, 3.05) is 18.8 Å². The molecule has 0 aliphatic heterocycles. The van der Waals surface area contributed by atoms with E-state index in [1.165, 1.54) is 28.2 Å². The van der Waals surface area contributed by atoms with Crippen LogP contribution in [0.15, 0.2) is 52.5 Å². The van der Waals surface area contributed by atoms with Crippen LogP contribution in [0.5, 0.6) is 0 Å². The highest BCUT2D eigenvalue weighted by Gasteiger charge is 2.23. The van der Waals surface area contributed by atoms with Crippen LogP contribution < -0.4 is 5.32 Å². The lowest BCUT2D eigenvalue weighted by Crippen LogP contribution is -2.30. The molecule has 0 aliphatic rings. The average Bonchev–Trinajstić information content (AvgIpc) is 3.15. The van der Waals surface area contributed by atoms with Crippen LogP contribution in [0.25, 0.3) is 11.0 Å². The van der Waals surface area contributed by atoms with E-state index in [0.717, 1.165) is 11.1 Å². The van der Waals surface area contributed by atoms with Crippen LogP contribution in [0.4, 0.5) is 4.39 Å². The van der Waals surface area contributed by atoms with E-state index in [9.17, 15) is 17.6 Å². The lowest BCUT2D eigenvalue weighted by molar-refractivity contribution is -0.119. The monoisotopic (exact) mass is 492 g/mol. The lowest BCUT2D eigenvalue weighted by atomic mass is 10.1. The SMILES string of the molecule is CCN(CC)S(=O)(=O)c1ccc2c(c1)nc(SCC(=O)N[C@@H](C)c1ccc(F)cc1)n2CC. The molecule has 1 N–H and O–H groups in total. The second-order valence-electron chi connectivity index (χ2n) is 7.51. The zero-order chi connectivity index (χ0) is 24.2. The highest BCUT2D eigenvalue weighted by atomic mass is 32.2. The topological polar surface area (TPSA) is 84.3 Å². The second-order valence-corrected chi connectivity index (χ2v) is 10.4. The summed E-state index contributed by atoms with van der Waals surface area (Å²) in [6.07, 6.45) is 0. The molecule has 0 saturated heterocycles. The molecule has 1 aromatic heterocycles. The maximum absolute atomic E-state index is 13.1. The Hall–Kier alpha value is -2.43. The largest absolute Gasteiger partial charge is 0.349 e. The number of carbonyl (C=O) groups excluding carboxylic acids is 1. The van der Waals surface area contributed by atoms with Gasteiger partial charge in [-0.1, -0.05) is 37.7 Å². The maximum atomic E-state index is 13.1. The molecule has 2 aromatic carbocycles. The van der Waals surface area contributed by atoms with E-state index in [4.69, 9.17) is 0 Å². The highest BCUT2D eigenvalue weighted by Crippen LogP contribution is 2.27. The number of halogens is 1. The molecule has 0 radical (unpaired) electrons. The van der Waals surface area contributed by atoms with E-state index in [1.807, 2.05) is 32.3 Å². The van der Waals surface area contributed by atoms with Crippen molar-refractivity contribution in [2.24, 2.45) is 0 Å². The molecule has 178 valence electrons. The predicted octanol–water partition coefficient (Wildman–Crippen LogP) is 4.20. The van der Waals surface area contributed by atoms with Crippen LogP contribution >= 0.6 is 11.8 Å². The minimum atomic E-state index is -3.58. The number of fused-ring (bicyclic) bond motifs is 1. The zero-order valence-electron chi connectivity index (χ0n) is 19.2. The van der Waals surface area contributed by atoms with E-state index in [0.29, 0.717) is 30.3 Å². The average molecular weight is 493 g/mol. The summed E-state index contributed by atoms with van der Waals surface area (Å²) in [7, 11) is -3.58. The number of nitrogens with zero attached hydrogens (tertiary/aromatic N) is 3. The fourth-order valence-electron chi connectivity index (χ4n) is 3.62. The van der Waals surface area contributed by atoms with Gasteiger partial charge in [-0.25, -0.2) is 17.8 Å². The first kappa shape index (κ1) is 25.2. The van der Waals surface area contributed by atoms with Crippen LogP contribution in [0.1, 0.15) is 39.3 Å². The van der Waals surface area contributed by atoms with Gasteiger partial charge in [0.15, 0.2) is 5.16 Å². The first-order valence-corrected chi connectivity index (χ1v) is 13.3. The Bertz CT molecular complexity index is 1220. The van der Waals surface area contributed by atoms with Gasteiger partial charge in [0, 0.05) is 19.6 Å². The maximum Gasteiger partial charge on any atom is 0.243 e. The summed E-state index contributed by atoms with van der Waals surface area (Å²) in [4.78, 5) is 17.3. The summed E-state index contributed by atoms with van der Waals surface area (Å²) in [6, 6.07) is 10.7. The number of thioether (sulfide) groups is 1. The van der Waals surface area contributed by atoms with Crippen LogP contribution in [0.2, 0.25) is 0 Å². The summed E-state index contributed by atoms with van der Waals surface area (Å²) in [6.45, 7) is 8.86. The van der Waals surface area contributed by atoms with E-state index < -0.39 is 10.0 Å². The van der Waals surface area contributed by atoms with Crippen molar-refractivity contribution in [1.82, 2.24) is 19.2 Å². The number of benzene rings is 2. The van der Waals surface area contributed by atoms with Gasteiger partial charge in [0.05, 0.1) is 27.7 Å². The molecule has 3 aromatic rings. The molecule has 0 fully saturated rings. The van der Waals surface area contributed by atoms with Crippen molar-refractivity contribution in [2.45, 2.75) is 50.3 Å². The summed E-state index contributed by atoms with van der Waals surface area (Å²) >= 11 is 1.29. The van der Waals surface area contributed by atoms with E-state index >= 15 is 0 Å². The van der Waals surface area contributed by atoms with Gasteiger partial charge in [0.1, 0.15) is 5.82 Å². The summed E-state index contributed by atoms with van der Waals surface area (Å²) in [5.74, 6) is -0.338. The van der Waals surface area contributed by atoms with Gasteiger partial charge in [-0.15, -0.1) is 0 Å². The van der Waals surface area contributed by atoms with E-state index in [-0.39, 0.29) is 28.4 Å². The van der Waals surface area contributed by atoms with E-state index in [1.54, 1.807) is 30.3 Å². The zero-order valence-corrected chi connectivity index (χ0v) is 20.8. The highest BCUT2D eigenvalue weighted by molar-refractivity contribution is 7.99. The van der Waals surface area contributed by atoms with Gasteiger partial charge < -0.3 is 9.88 Å². The van der Waals surface area contributed by atoms with E-state index in [2.05, 4.69) is 10.3 Å². The molecular formula is C23H29FN4O3S2. The number of hydrogen-bond donors (Lipinski definition) is 1. The number of rotatable bonds is 10. The number of carbonyl (C=O) groups is 1. The van der Waals surface area contributed by atoms with Gasteiger partial charge in [0.2, 0.25) is 15.9 Å². The third-order valence-corrected chi connectivity index (χ3v) is 8.45. The smallest absolute Gasteiger partial charge is 0.243 e. The van der Waals surface area contributed by atoms with Gasteiger partial charge in [0.25, 0.3) is 0 Å². The number of aromatic nitrogens is 2. The van der Waals surface area contributed by atoms with Gasteiger partial charge >= 0.3 is 0 Å². The molecule has 1 heterocycles. The Labute approximate surface area is 198 Å². The molecule has 3 rings (SSSR count). The van der Waals surface area contributed by atoms with Crippen LogP contribution in [-0.2, 0) is 21.4 Å². The molecular weight excluding hydrogens is 463 g/mol. The molecule has 0 spiro atoms. The van der Waals surface area contributed by atoms with Crippen molar-refractivity contribution in [1.29, 1.82) is 0 Å². The number of aryl methyl sites for hydroxylation is 1. The molecule has 7 nitrogen and oxygen atoms in total. The van der Waals surface area contributed by atoms with Crippen LogP contribution in [-0.4, -0.2) is 47.0 Å². The van der Waals surface area contributed by atoms with Gasteiger partial charge in [-0.05, 0) is 49.7 Å². The van der Waals surface area contributed by atoms with Crippen molar-refractivity contribution < 1.29 is 17.6 Å². The quantitative estimate of drug-likeness (QED) is 0.429. The Morgan fingerprint density at radius 1 is 1.15 bits per heavy atom. The number of hydrogen-bond acceptors (Lipinski definition) is 5. The number of sulfonamides is 1. The molecule has 10 heteroatoms. The number of nitrogens with one attached hydrogen (secondary N) is 1. The molecule has 0 saturated carbocycles. The Morgan fingerprint density at radius 3 is 2.42 bits per heavy atom. The summed E-state index contributed by atoms with van der Waals surface area (Å²) < 4.78 is 42.2. The number of amides is 1. The third kappa shape index (κ3) is 5.56. The fraction of sp³-hybridized carbons (Fsp3) is 0.391. The molecule has 1 amide bonds. The Kier molecular flexibility index (Phi) is 8.14. The summed E-state index contributed by atoms with van der Waals surface area (Å²) in [5, 5.41) is 3.56. The van der Waals surface area contributed by atoms with Crippen molar-refractivity contribution in [3.05, 3.63) is 53.8 Å². The fourth-order valence-corrected chi connectivity index (χ4v) is 5.99. The standard InChI is InChI=1S/C23H29FN4O3S2/c1-5-27(6-2)33(30,31)19-12-13-21-20(14-19)26-23(28(21)7-3)32-15-22(29)25-16(4)17-8-10-18(24)11-9-17/h8-14,16H,5-7,15H2,1-4H3,(H,25,29)/t16-/m0/s1.